The molecule has 0 saturated heterocycles. The van der Waals surface area contributed by atoms with Crippen LogP contribution in [0.15, 0.2) is 69.6 Å². The van der Waals surface area contributed by atoms with Crippen LogP contribution < -0.4 is 4.74 Å². The lowest BCUT2D eigenvalue weighted by Crippen LogP contribution is -2.33. The number of hydrogen-bond donors (Lipinski definition) is 0. The zero-order valence-corrected chi connectivity index (χ0v) is 16.0. The largest absolute Gasteiger partial charge is 0.464 e. The first-order chi connectivity index (χ1) is 12.7. The van der Waals surface area contributed by atoms with Crippen LogP contribution in [0.2, 0.25) is 0 Å². The molecule has 0 saturated carbocycles. The van der Waals surface area contributed by atoms with Crippen LogP contribution in [0.3, 0.4) is 0 Å². The van der Waals surface area contributed by atoms with Crippen molar-refractivity contribution in [1.82, 2.24) is 5.01 Å². The van der Waals surface area contributed by atoms with Crippen molar-refractivity contribution in [3.8, 4) is 5.75 Å². The second-order valence-corrected chi connectivity index (χ2v) is 8.19. The third-order valence-corrected chi connectivity index (χ3v) is 6.12. The monoisotopic (exact) mass is 428 g/mol. The lowest BCUT2D eigenvalue weighted by atomic mass is 9.98. The molecule has 2 atom stereocenters. The molecule has 0 radical (unpaired) electrons. The van der Waals surface area contributed by atoms with Crippen molar-refractivity contribution < 1.29 is 9.13 Å². The molecular formula is C20H14BrFN2OS. The fourth-order valence-corrected chi connectivity index (χ4v) is 4.60. The molecule has 2 aliphatic rings. The minimum Gasteiger partial charge on any atom is -0.464 e. The minimum atomic E-state index is -0.369. The molecule has 1 aromatic heterocycles. The van der Waals surface area contributed by atoms with Gasteiger partial charge in [0, 0.05) is 22.0 Å². The van der Waals surface area contributed by atoms with Crippen LogP contribution in [0.25, 0.3) is 0 Å². The van der Waals surface area contributed by atoms with Gasteiger partial charge in [0.15, 0.2) is 0 Å². The molecule has 26 heavy (non-hydrogen) atoms. The highest BCUT2D eigenvalue weighted by atomic mass is 79.9. The van der Waals surface area contributed by atoms with Gasteiger partial charge in [0.1, 0.15) is 11.6 Å². The second kappa shape index (κ2) is 6.21. The van der Waals surface area contributed by atoms with Crippen LogP contribution >= 0.6 is 27.3 Å². The van der Waals surface area contributed by atoms with Gasteiger partial charge in [-0.2, -0.15) is 5.10 Å². The number of nitrogens with zero attached hydrogens (tertiary/aromatic N) is 2. The predicted octanol–water partition coefficient (Wildman–Crippen LogP) is 5.89. The number of hydrogen-bond acceptors (Lipinski definition) is 4. The van der Waals surface area contributed by atoms with Crippen molar-refractivity contribution in [1.29, 1.82) is 0 Å². The van der Waals surface area contributed by atoms with Crippen molar-refractivity contribution >= 4 is 33.0 Å². The maximum atomic E-state index is 13.4. The number of rotatable bonds is 2. The van der Waals surface area contributed by atoms with E-state index in [1.165, 1.54) is 17.0 Å². The van der Waals surface area contributed by atoms with Crippen LogP contribution in [0, 0.1) is 5.82 Å². The molecule has 5 rings (SSSR count). The Morgan fingerprint density at radius 2 is 2.00 bits per heavy atom. The molecule has 2 aliphatic heterocycles. The maximum absolute atomic E-state index is 13.4. The zero-order chi connectivity index (χ0) is 17.7. The molecule has 3 nitrogen and oxygen atoms in total. The summed E-state index contributed by atoms with van der Waals surface area (Å²) in [6.45, 7) is 0. The van der Waals surface area contributed by atoms with Crippen molar-refractivity contribution in [2.45, 2.75) is 18.7 Å². The Labute approximate surface area is 162 Å². The van der Waals surface area contributed by atoms with Gasteiger partial charge in [0.05, 0.1) is 16.6 Å². The predicted molar refractivity (Wildman–Crippen MR) is 104 cm³/mol. The number of ether oxygens (including phenoxy) is 1. The molecule has 0 fully saturated rings. The molecule has 0 amide bonds. The van der Waals surface area contributed by atoms with Crippen molar-refractivity contribution in [2.75, 3.05) is 0 Å². The molecule has 0 bridgehead atoms. The zero-order valence-electron chi connectivity index (χ0n) is 13.6. The topological polar surface area (TPSA) is 24.8 Å². The average Bonchev–Trinajstić information content (AvgIpc) is 3.32. The highest BCUT2D eigenvalue weighted by molar-refractivity contribution is 9.10. The van der Waals surface area contributed by atoms with Crippen LogP contribution in [0.4, 0.5) is 4.39 Å². The Morgan fingerprint density at radius 3 is 2.77 bits per heavy atom. The molecule has 6 heteroatoms. The molecule has 0 spiro atoms. The van der Waals surface area contributed by atoms with Crippen LogP contribution in [-0.4, -0.2) is 10.7 Å². The van der Waals surface area contributed by atoms with Gasteiger partial charge in [0.2, 0.25) is 6.23 Å². The number of hydrazone groups is 1. The summed E-state index contributed by atoms with van der Waals surface area (Å²) in [6, 6.07) is 16.7. The second-order valence-electron chi connectivity index (χ2n) is 6.33. The SMILES string of the molecule is Fc1ccc([C@H]2Oc3ccc(Br)cc3[C@@H]3CC(c4cccs4)=NN23)cc1. The molecule has 0 unspecified atom stereocenters. The van der Waals surface area contributed by atoms with E-state index in [1.807, 2.05) is 23.2 Å². The molecule has 0 N–H and O–H groups in total. The van der Waals surface area contributed by atoms with E-state index in [0.29, 0.717) is 0 Å². The van der Waals surface area contributed by atoms with E-state index in [1.54, 1.807) is 23.5 Å². The van der Waals surface area contributed by atoms with E-state index < -0.39 is 0 Å². The lowest BCUT2D eigenvalue weighted by Gasteiger charge is -2.38. The minimum absolute atomic E-state index is 0.100. The summed E-state index contributed by atoms with van der Waals surface area (Å²) < 4.78 is 20.7. The Morgan fingerprint density at radius 1 is 1.15 bits per heavy atom. The van der Waals surface area contributed by atoms with Gasteiger partial charge in [-0.05, 0) is 41.8 Å². The Balaban J connectivity index is 1.61. The van der Waals surface area contributed by atoms with Gasteiger partial charge in [-0.15, -0.1) is 11.3 Å². The van der Waals surface area contributed by atoms with Gasteiger partial charge in [-0.25, -0.2) is 9.40 Å². The van der Waals surface area contributed by atoms with E-state index in [-0.39, 0.29) is 18.1 Å². The Hall–Kier alpha value is -2.18. The fourth-order valence-electron chi connectivity index (χ4n) is 3.50. The van der Waals surface area contributed by atoms with Crippen LogP contribution in [0.5, 0.6) is 5.75 Å². The third-order valence-electron chi connectivity index (χ3n) is 4.71. The van der Waals surface area contributed by atoms with Gasteiger partial charge in [0.25, 0.3) is 0 Å². The molecular weight excluding hydrogens is 415 g/mol. The Kier molecular flexibility index (Phi) is 3.83. The quantitative estimate of drug-likeness (QED) is 0.507. The summed E-state index contributed by atoms with van der Waals surface area (Å²) >= 11 is 5.25. The lowest BCUT2D eigenvalue weighted by molar-refractivity contribution is -0.0191. The standard InChI is InChI=1S/C20H14BrFN2OS/c21-13-5-8-18-15(10-13)17-11-16(19-2-1-9-26-19)23-24(17)20(25-18)12-3-6-14(22)7-4-12/h1-10,17,20H,11H2/t17-,20+/m0/s1. The molecule has 3 heterocycles. The molecule has 130 valence electrons. The normalized spacial score (nSPS) is 21.0. The van der Waals surface area contributed by atoms with E-state index in [9.17, 15) is 4.39 Å². The van der Waals surface area contributed by atoms with Crippen molar-refractivity contribution in [2.24, 2.45) is 5.10 Å². The first kappa shape index (κ1) is 16.0. The summed E-state index contributed by atoms with van der Waals surface area (Å²) in [5, 5.41) is 8.96. The number of thiophene rings is 1. The van der Waals surface area contributed by atoms with E-state index >= 15 is 0 Å². The van der Waals surface area contributed by atoms with Gasteiger partial charge in [-0.1, -0.05) is 34.1 Å². The smallest absolute Gasteiger partial charge is 0.213 e. The molecule has 3 aromatic rings. The highest BCUT2D eigenvalue weighted by Gasteiger charge is 2.41. The number of halogens is 2. The van der Waals surface area contributed by atoms with Crippen molar-refractivity contribution in [3.05, 3.63) is 86.3 Å². The fraction of sp³-hybridized carbons (Fsp3) is 0.150. The van der Waals surface area contributed by atoms with Crippen molar-refractivity contribution in [3.63, 3.8) is 0 Å². The van der Waals surface area contributed by atoms with E-state index in [0.717, 1.165) is 33.5 Å². The summed E-state index contributed by atoms with van der Waals surface area (Å²) in [5.74, 6) is 0.598. The summed E-state index contributed by atoms with van der Waals surface area (Å²) in [6.07, 6.45) is 0.456. The summed E-state index contributed by atoms with van der Waals surface area (Å²) in [7, 11) is 0. The van der Waals surface area contributed by atoms with Gasteiger partial charge in [-0.3, -0.25) is 0 Å². The average molecular weight is 429 g/mol. The Bertz CT molecular complexity index is 988. The van der Waals surface area contributed by atoms with Crippen LogP contribution in [-0.2, 0) is 0 Å². The highest BCUT2D eigenvalue weighted by Crippen LogP contribution is 2.48. The van der Waals surface area contributed by atoms with Crippen LogP contribution in [0.1, 0.15) is 34.7 Å². The summed E-state index contributed by atoms with van der Waals surface area (Å²) in [5.41, 5.74) is 3.07. The first-order valence-electron chi connectivity index (χ1n) is 8.30. The molecule has 2 aromatic carbocycles. The van der Waals surface area contributed by atoms with E-state index in [2.05, 4.69) is 33.4 Å². The number of benzene rings is 2. The molecule has 0 aliphatic carbocycles. The van der Waals surface area contributed by atoms with Gasteiger partial charge < -0.3 is 4.74 Å². The van der Waals surface area contributed by atoms with E-state index in [4.69, 9.17) is 9.84 Å². The third kappa shape index (κ3) is 2.64. The first-order valence-corrected chi connectivity index (χ1v) is 9.97. The number of fused-ring (bicyclic) bond motifs is 3. The van der Waals surface area contributed by atoms with Gasteiger partial charge >= 0.3 is 0 Å². The maximum Gasteiger partial charge on any atom is 0.213 e. The summed E-state index contributed by atoms with van der Waals surface area (Å²) in [4.78, 5) is 1.17.